The Labute approximate surface area is 181 Å². The molecule has 1 aliphatic heterocycles. The summed E-state index contributed by atoms with van der Waals surface area (Å²) in [6.07, 6.45) is 0.130. The monoisotopic (exact) mass is 509 g/mol. The van der Waals surface area contributed by atoms with Crippen LogP contribution in [0.5, 0.6) is 5.75 Å². The molecule has 0 saturated carbocycles. The highest BCUT2D eigenvalue weighted by molar-refractivity contribution is 14.1. The van der Waals surface area contributed by atoms with Crippen LogP contribution in [0.2, 0.25) is 0 Å². The lowest BCUT2D eigenvalue weighted by Gasteiger charge is -2.31. The van der Waals surface area contributed by atoms with Crippen LogP contribution >= 0.6 is 34.4 Å². The number of benzene rings is 2. The number of hydrogen-bond donors (Lipinski definition) is 1. The Bertz CT molecular complexity index is 902. The number of nitrogens with one attached hydrogen (secondary N) is 1. The molecule has 6 nitrogen and oxygen atoms in total. The molecule has 0 radical (unpaired) electrons. The number of hydrogen-bond acceptors (Lipinski definition) is 5. The number of carbonyl (C=O) groups is 2. The van der Waals surface area contributed by atoms with Crippen molar-refractivity contribution < 1.29 is 14.3 Å². The Kier molecular flexibility index (Phi) is 6.95. The first-order valence-electron chi connectivity index (χ1n) is 8.77. The van der Waals surface area contributed by atoms with Crippen molar-refractivity contribution in [2.45, 2.75) is 18.6 Å². The summed E-state index contributed by atoms with van der Waals surface area (Å²) in [6, 6.07) is 14.9. The fourth-order valence-electron chi connectivity index (χ4n) is 2.74. The Morgan fingerprint density at radius 1 is 1.29 bits per heavy atom. The summed E-state index contributed by atoms with van der Waals surface area (Å²) in [4.78, 5) is 31.6. The number of halogens is 1. The van der Waals surface area contributed by atoms with E-state index in [0.717, 1.165) is 9.26 Å². The highest BCUT2D eigenvalue weighted by atomic mass is 127. The average Bonchev–Trinajstić information content (AvgIpc) is 2.70. The molecule has 0 aromatic heterocycles. The zero-order valence-electron chi connectivity index (χ0n) is 15.5. The minimum Gasteiger partial charge on any atom is -0.495 e. The lowest BCUT2D eigenvalue weighted by atomic mass is 10.2. The molecule has 1 heterocycles. The van der Waals surface area contributed by atoms with E-state index in [0.29, 0.717) is 23.1 Å². The van der Waals surface area contributed by atoms with Crippen molar-refractivity contribution in [3.05, 3.63) is 52.1 Å². The largest absolute Gasteiger partial charge is 0.495 e. The molecular weight excluding hydrogens is 489 g/mol. The maximum atomic E-state index is 12.8. The second-order valence-corrected chi connectivity index (χ2v) is 8.42. The SMILES string of the molecule is CCN1C(=O)CC(C(=O)Nc2ccccc2OC)SC1=Nc1ccc(I)cc1. The van der Waals surface area contributed by atoms with E-state index < -0.39 is 5.25 Å². The van der Waals surface area contributed by atoms with Crippen molar-refractivity contribution in [3.63, 3.8) is 0 Å². The molecule has 0 aliphatic carbocycles. The van der Waals surface area contributed by atoms with Crippen LogP contribution in [0.3, 0.4) is 0 Å². The summed E-state index contributed by atoms with van der Waals surface area (Å²) in [5, 5.41) is 2.85. The molecule has 3 rings (SSSR count). The second-order valence-electron chi connectivity index (χ2n) is 6.01. The van der Waals surface area contributed by atoms with Gasteiger partial charge in [-0.05, 0) is 65.9 Å². The Balaban J connectivity index is 1.81. The molecule has 2 amide bonds. The molecular formula is C20H20IN3O3S. The van der Waals surface area contributed by atoms with E-state index in [4.69, 9.17) is 4.74 Å². The van der Waals surface area contributed by atoms with E-state index >= 15 is 0 Å². The zero-order chi connectivity index (χ0) is 20.1. The lowest BCUT2D eigenvalue weighted by Crippen LogP contribution is -2.45. The van der Waals surface area contributed by atoms with Gasteiger partial charge in [-0.3, -0.25) is 14.5 Å². The van der Waals surface area contributed by atoms with E-state index in [1.54, 1.807) is 24.1 Å². The summed E-state index contributed by atoms with van der Waals surface area (Å²) < 4.78 is 6.38. The number of anilines is 1. The molecule has 8 heteroatoms. The van der Waals surface area contributed by atoms with E-state index in [1.165, 1.54) is 11.8 Å². The predicted molar refractivity (Wildman–Crippen MR) is 121 cm³/mol. The Morgan fingerprint density at radius 2 is 2.00 bits per heavy atom. The van der Waals surface area contributed by atoms with Gasteiger partial charge in [0.05, 0.1) is 18.5 Å². The van der Waals surface area contributed by atoms with Gasteiger partial charge in [-0.1, -0.05) is 23.9 Å². The molecule has 28 heavy (non-hydrogen) atoms. The van der Waals surface area contributed by atoms with Gasteiger partial charge < -0.3 is 10.1 Å². The molecule has 0 bridgehead atoms. The first-order valence-corrected chi connectivity index (χ1v) is 10.7. The van der Waals surface area contributed by atoms with Crippen molar-refractivity contribution >= 4 is 62.7 Å². The summed E-state index contributed by atoms with van der Waals surface area (Å²) in [5.74, 6) is 0.227. The minimum atomic E-state index is -0.553. The maximum Gasteiger partial charge on any atom is 0.238 e. The predicted octanol–water partition coefficient (Wildman–Crippen LogP) is 4.28. The van der Waals surface area contributed by atoms with E-state index in [1.807, 2.05) is 43.3 Å². The van der Waals surface area contributed by atoms with Gasteiger partial charge in [0.15, 0.2) is 5.17 Å². The summed E-state index contributed by atoms with van der Waals surface area (Å²) in [7, 11) is 1.55. The van der Waals surface area contributed by atoms with Gasteiger partial charge >= 0.3 is 0 Å². The number of aliphatic imine (C=N–C) groups is 1. The number of nitrogens with zero attached hydrogens (tertiary/aromatic N) is 2. The average molecular weight is 509 g/mol. The van der Waals surface area contributed by atoms with Crippen LogP contribution in [0, 0.1) is 3.57 Å². The van der Waals surface area contributed by atoms with Crippen molar-refractivity contribution in [1.82, 2.24) is 4.90 Å². The van der Waals surface area contributed by atoms with Gasteiger partial charge in [0.2, 0.25) is 11.8 Å². The number of amidine groups is 1. The number of para-hydroxylation sites is 2. The second kappa shape index (κ2) is 9.42. The normalized spacial score (nSPS) is 18.2. The minimum absolute atomic E-state index is 0.106. The zero-order valence-corrected chi connectivity index (χ0v) is 18.5. The van der Waals surface area contributed by atoms with Crippen LogP contribution in [0.1, 0.15) is 13.3 Å². The van der Waals surface area contributed by atoms with Crippen molar-refractivity contribution in [2.75, 3.05) is 19.0 Å². The number of amides is 2. The Morgan fingerprint density at radius 3 is 2.68 bits per heavy atom. The molecule has 1 unspecified atom stereocenters. The smallest absolute Gasteiger partial charge is 0.238 e. The van der Waals surface area contributed by atoms with Crippen LogP contribution < -0.4 is 10.1 Å². The van der Waals surface area contributed by atoms with Crippen LogP contribution in [-0.4, -0.2) is 40.8 Å². The maximum absolute atomic E-state index is 12.8. The third-order valence-electron chi connectivity index (χ3n) is 4.16. The summed E-state index contributed by atoms with van der Waals surface area (Å²) >= 11 is 3.54. The van der Waals surface area contributed by atoms with Gasteiger partial charge in [0, 0.05) is 16.5 Å². The molecule has 1 N–H and O–H groups in total. The van der Waals surface area contributed by atoms with E-state index in [9.17, 15) is 9.59 Å². The Hall–Kier alpha value is -2.07. The molecule has 1 aliphatic rings. The fraction of sp³-hybridized carbons (Fsp3) is 0.250. The number of ether oxygens (including phenoxy) is 1. The van der Waals surface area contributed by atoms with Gasteiger partial charge in [0.25, 0.3) is 0 Å². The molecule has 1 atom stereocenters. The standard InChI is InChI=1S/C20H20IN3O3S/c1-3-24-18(25)12-17(19(26)23-15-6-4-5-7-16(15)27-2)28-20(24)22-14-10-8-13(21)9-11-14/h4-11,17H,3,12H2,1-2H3,(H,23,26). The summed E-state index contributed by atoms with van der Waals surface area (Å²) in [5.41, 5.74) is 1.33. The van der Waals surface area contributed by atoms with Crippen molar-refractivity contribution in [3.8, 4) is 5.75 Å². The van der Waals surface area contributed by atoms with E-state index in [-0.39, 0.29) is 18.2 Å². The molecule has 2 aromatic rings. The number of methoxy groups -OCH3 is 1. The fourth-order valence-corrected chi connectivity index (χ4v) is 4.26. The highest BCUT2D eigenvalue weighted by Gasteiger charge is 2.35. The first-order chi connectivity index (χ1) is 13.5. The molecule has 0 spiro atoms. The van der Waals surface area contributed by atoms with Crippen LogP contribution in [0.15, 0.2) is 53.5 Å². The van der Waals surface area contributed by atoms with Crippen LogP contribution in [0.4, 0.5) is 11.4 Å². The van der Waals surface area contributed by atoms with Crippen molar-refractivity contribution in [1.29, 1.82) is 0 Å². The number of thioether (sulfide) groups is 1. The number of carbonyl (C=O) groups excluding carboxylic acids is 2. The molecule has 1 saturated heterocycles. The third kappa shape index (κ3) is 4.85. The highest BCUT2D eigenvalue weighted by Crippen LogP contribution is 2.31. The van der Waals surface area contributed by atoms with Gasteiger partial charge in [-0.2, -0.15) is 0 Å². The van der Waals surface area contributed by atoms with Gasteiger partial charge in [-0.25, -0.2) is 4.99 Å². The molecule has 1 fully saturated rings. The van der Waals surface area contributed by atoms with E-state index in [2.05, 4.69) is 32.9 Å². The topological polar surface area (TPSA) is 71.0 Å². The van der Waals surface area contributed by atoms with Gasteiger partial charge in [0.1, 0.15) is 11.0 Å². The molecule has 2 aromatic carbocycles. The third-order valence-corrected chi connectivity index (χ3v) is 6.07. The first kappa shape index (κ1) is 20.7. The van der Waals surface area contributed by atoms with Crippen molar-refractivity contribution in [2.24, 2.45) is 4.99 Å². The van der Waals surface area contributed by atoms with Crippen LogP contribution in [-0.2, 0) is 9.59 Å². The van der Waals surface area contributed by atoms with Gasteiger partial charge in [-0.15, -0.1) is 0 Å². The lowest BCUT2D eigenvalue weighted by molar-refractivity contribution is -0.129. The molecule has 146 valence electrons. The quantitative estimate of drug-likeness (QED) is 0.611. The number of rotatable bonds is 5. The summed E-state index contributed by atoms with van der Waals surface area (Å²) in [6.45, 7) is 2.41. The van der Waals surface area contributed by atoms with Crippen LogP contribution in [0.25, 0.3) is 0 Å².